The van der Waals surface area contributed by atoms with Crippen LogP contribution >= 0.6 is 0 Å². The van der Waals surface area contributed by atoms with Gasteiger partial charge in [-0.1, -0.05) is 0 Å². The minimum absolute atomic E-state index is 0.603. The molecule has 0 radical (unpaired) electrons. The minimum Gasteiger partial charge on any atom is -0.392 e. The highest BCUT2D eigenvalue weighted by molar-refractivity contribution is 6.01. The van der Waals surface area contributed by atoms with Gasteiger partial charge in [-0.15, -0.1) is 0 Å². The molecule has 0 atom stereocenters. The molecule has 0 aliphatic heterocycles. The maximum atomic E-state index is 13.6. The summed E-state index contributed by atoms with van der Waals surface area (Å²) >= 11 is 0. The topological polar surface area (TPSA) is 89.5 Å². The Morgan fingerprint density at radius 1 is 1.43 bits per heavy atom. The van der Waals surface area contributed by atoms with Crippen LogP contribution in [0.15, 0.2) is 12.1 Å². The summed E-state index contributed by atoms with van der Waals surface area (Å²) in [6.07, 6.45) is -5.77. The predicted molar refractivity (Wildman–Crippen MR) is 65.1 cm³/mol. The number of amides is 1. The largest absolute Gasteiger partial charge is 0.392 e. The van der Waals surface area contributed by atoms with Gasteiger partial charge in [0.15, 0.2) is 0 Å². The molecule has 0 aromatic heterocycles. The van der Waals surface area contributed by atoms with Crippen molar-refractivity contribution in [2.45, 2.75) is 12.6 Å². The molecule has 1 aromatic carbocycles. The summed E-state index contributed by atoms with van der Waals surface area (Å²) in [4.78, 5) is 22.2. The van der Waals surface area contributed by atoms with Crippen LogP contribution in [0, 0.1) is 15.9 Å². The molecule has 1 aromatic rings. The van der Waals surface area contributed by atoms with Gasteiger partial charge in [0.1, 0.15) is 17.1 Å². The summed E-state index contributed by atoms with van der Waals surface area (Å²) in [5.41, 5.74) is 3.13. The number of hydrogen-bond donors (Lipinski definition) is 1. The SMILES string of the molecule is CN(CCC(F)(F)F)C(=O)c1c(F)ccc([N+](=O)[O-])c1N. The van der Waals surface area contributed by atoms with Crippen molar-refractivity contribution < 1.29 is 27.3 Å². The van der Waals surface area contributed by atoms with Crippen LogP contribution in [0.4, 0.5) is 28.9 Å². The second-order valence-corrected chi connectivity index (χ2v) is 4.20. The predicted octanol–water partition coefficient (Wildman–Crippen LogP) is 2.34. The number of nitrogens with two attached hydrogens (primary N) is 1. The number of benzene rings is 1. The third-order valence-electron chi connectivity index (χ3n) is 2.66. The number of carbonyl (C=O) groups excluding carboxylic acids is 1. The van der Waals surface area contributed by atoms with Gasteiger partial charge in [0.2, 0.25) is 0 Å². The van der Waals surface area contributed by atoms with Gasteiger partial charge in [0.25, 0.3) is 11.6 Å². The highest BCUT2D eigenvalue weighted by Gasteiger charge is 2.30. The number of halogens is 4. The summed E-state index contributed by atoms with van der Waals surface area (Å²) < 4.78 is 49.9. The molecular formula is C11H11F4N3O3. The summed E-state index contributed by atoms with van der Waals surface area (Å²) in [6.45, 7) is -0.718. The molecule has 10 heteroatoms. The Morgan fingerprint density at radius 2 is 2.00 bits per heavy atom. The summed E-state index contributed by atoms with van der Waals surface area (Å²) in [5.74, 6) is -2.29. The van der Waals surface area contributed by atoms with E-state index in [2.05, 4.69) is 0 Å². The number of anilines is 1. The first-order valence-corrected chi connectivity index (χ1v) is 5.59. The van der Waals surface area contributed by atoms with E-state index in [1.807, 2.05) is 0 Å². The van der Waals surface area contributed by atoms with E-state index in [1.54, 1.807) is 0 Å². The van der Waals surface area contributed by atoms with E-state index < -0.39 is 52.7 Å². The van der Waals surface area contributed by atoms with E-state index in [1.165, 1.54) is 0 Å². The Labute approximate surface area is 116 Å². The van der Waals surface area contributed by atoms with Crippen molar-refractivity contribution in [1.29, 1.82) is 0 Å². The van der Waals surface area contributed by atoms with Crippen molar-refractivity contribution in [3.05, 3.63) is 33.6 Å². The van der Waals surface area contributed by atoms with Crippen molar-refractivity contribution >= 4 is 17.3 Å². The molecule has 0 aliphatic carbocycles. The lowest BCUT2D eigenvalue weighted by molar-refractivity contribution is -0.384. The standard InChI is InChI=1S/C11H11F4N3O3/c1-17(5-4-11(13,14)15)10(19)8-6(12)2-3-7(9(8)16)18(20)21/h2-3H,4-5,16H2,1H3. The number of nitro groups is 1. The zero-order valence-electron chi connectivity index (χ0n) is 10.8. The van der Waals surface area contributed by atoms with Crippen molar-refractivity contribution in [1.82, 2.24) is 4.90 Å². The Kier molecular flexibility index (Phi) is 4.71. The highest BCUT2D eigenvalue weighted by Crippen LogP contribution is 2.28. The Morgan fingerprint density at radius 3 is 2.48 bits per heavy atom. The van der Waals surface area contributed by atoms with E-state index in [4.69, 9.17) is 5.73 Å². The first-order valence-electron chi connectivity index (χ1n) is 5.59. The molecule has 0 saturated heterocycles. The minimum atomic E-state index is -4.48. The van der Waals surface area contributed by atoms with Gasteiger partial charge in [-0.2, -0.15) is 13.2 Å². The smallest absolute Gasteiger partial charge is 0.390 e. The van der Waals surface area contributed by atoms with Crippen molar-refractivity contribution in [2.24, 2.45) is 0 Å². The third-order valence-corrected chi connectivity index (χ3v) is 2.66. The molecule has 6 nitrogen and oxygen atoms in total. The number of nitro benzene ring substituents is 1. The average molecular weight is 309 g/mol. The Balaban J connectivity index is 3.07. The molecule has 0 saturated carbocycles. The van der Waals surface area contributed by atoms with Gasteiger partial charge in [-0.25, -0.2) is 4.39 Å². The van der Waals surface area contributed by atoms with Crippen LogP contribution in [0.2, 0.25) is 0 Å². The molecule has 1 amide bonds. The number of rotatable bonds is 4. The molecule has 21 heavy (non-hydrogen) atoms. The maximum absolute atomic E-state index is 13.6. The van der Waals surface area contributed by atoms with Crippen molar-refractivity contribution in [2.75, 3.05) is 19.3 Å². The molecule has 2 N–H and O–H groups in total. The van der Waals surface area contributed by atoms with Crippen LogP contribution < -0.4 is 5.73 Å². The van der Waals surface area contributed by atoms with Crippen LogP contribution in [0.5, 0.6) is 0 Å². The zero-order chi connectivity index (χ0) is 16.4. The summed E-state index contributed by atoms with van der Waals surface area (Å²) in [5, 5.41) is 10.7. The Bertz CT molecular complexity index is 575. The molecule has 0 unspecified atom stereocenters. The molecule has 0 heterocycles. The Hall–Kier alpha value is -2.39. The van der Waals surface area contributed by atoms with Gasteiger partial charge >= 0.3 is 6.18 Å². The molecule has 1 rings (SSSR count). The monoisotopic (exact) mass is 309 g/mol. The van der Waals surface area contributed by atoms with E-state index in [9.17, 15) is 32.5 Å². The van der Waals surface area contributed by atoms with Gasteiger partial charge in [0.05, 0.1) is 11.3 Å². The second kappa shape index (κ2) is 5.94. The maximum Gasteiger partial charge on any atom is 0.390 e. The molecule has 0 fully saturated rings. The van der Waals surface area contributed by atoms with Crippen LogP contribution in [-0.4, -0.2) is 35.5 Å². The highest BCUT2D eigenvalue weighted by atomic mass is 19.4. The fourth-order valence-electron chi connectivity index (χ4n) is 1.55. The molecule has 0 spiro atoms. The molecular weight excluding hydrogens is 298 g/mol. The molecule has 0 bridgehead atoms. The van der Waals surface area contributed by atoms with Gasteiger partial charge < -0.3 is 10.6 Å². The van der Waals surface area contributed by atoms with Crippen molar-refractivity contribution in [3.63, 3.8) is 0 Å². The molecule has 0 aliphatic rings. The number of nitrogens with zero attached hydrogens (tertiary/aromatic N) is 2. The zero-order valence-corrected chi connectivity index (χ0v) is 10.8. The lowest BCUT2D eigenvalue weighted by Crippen LogP contribution is -2.31. The normalized spacial score (nSPS) is 11.3. The van der Waals surface area contributed by atoms with Crippen LogP contribution in [0.1, 0.15) is 16.8 Å². The lowest BCUT2D eigenvalue weighted by atomic mass is 10.1. The van der Waals surface area contributed by atoms with Gasteiger partial charge in [0, 0.05) is 19.7 Å². The van der Waals surface area contributed by atoms with Gasteiger partial charge in [-0.05, 0) is 6.07 Å². The van der Waals surface area contributed by atoms with E-state index in [-0.39, 0.29) is 0 Å². The first kappa shape index (κ1) is 16.7. The average Bonchev–Trinajstić information content (AvgIpc) is 2.34. The van der Waals surface area contributed by atoms with Crippen LogP contribution in [0.3, 0.4) is 0 Å². The summed E-state index contributed by atoms with van der Waals surface area (Å²) in [7, 11) is 1.02. The summed E-state index contributed by atoms with van der Waals surface area (Å²) in [6, 6.07) is 1.44. The first-order chi connectivity index (χ1) is 9.54. The second-order valence-electron chi connectivity index (χ2n) is 4.20. The number of hydrogen-bond acceptors (Lipinski definition) is 4. The fourth-order valence-corrected chi connectivity index (χ4v) is 1.55. The third kappa shape index (κ3) is 4.04. The van der Waals surface area contributed by atoms with Gasteiger partial charge in [-0.3, -0.25) is 14.9 Å². The number of carbonyl (C=O) groups is 1. The van der Waals surface area contributed by atoms with Crippen LogP contribution in [0.25, 0.3) is 0 Å². The van der Waals surface area contributed by atoms with E-state index in [0.29, 0.717) is 11.0 Å². The quantitative estimate of drug-likeness (QED) is 0.400. The van der Waals surface area contributed by atoms with Crippen molar-refractivity contribution in [3.8, 4) is 0 Å². The fraction of sp³-hybridized carbons (Fsp3) is 0.364. The van der Waals surface area contributed by atoms with E-state index in [0.717, 1.165) is 13.1 Å². The molecule has 116 valence electrons. The lowest BCUT2D eigenvalue weighted by Gasteiger charge is -2.19. The number of nitrogen functional groups attached to an aromatic ring is 1. The number of alkyl halides is 3. The van der Waals surface area contributed by atoms with Crippen LogP contribution in [-0.2, 0) is 0 Å². The van der Waals surface area contributed by atoms with E-state index >= 15 is 0 Å².